The molecule has 0 aliphatic rings. The van der Waals surface area contributed by atoms with Gasteiger partial charge in [0.05, 0.1) is 11.6 Å². The lowest BCUT2D eigenvalue weighted by Crippen LogP contribution is -2.02. The Kier molecular flexibility index (Phi) is 6.81. The van der Waals surface area contributed by atoms with Gasteiger partial charge in [0.2, 0.25) is 5.95 Å². The number of nitrogens with zero attached hydrogens (tertiary/aromatic N) is 4. The van der Waals surface area contributed by atoms with E-state index in [0.717, 1.165) is 33.6 Å². The molecule has 0 fully saturated rings. The average Bonchev–Trinajstić information content (AvgIpc) is 2.77. The second kappa shape index (κ2) is 9.70. The number of hydrogen-bond acceptors (Lipinski definition) is 6. The lowest BCUT2D eigenvalue weighted by molar-refractivity contribution is 1.16. The van der Waals surface area contributed by atoms with Gasteiger partial charge >= 0.3 is 0 Å². The number of halogens is 1. The van der Waals surface area contributed by atoms with E-state index in [-0.39, 0.29) is 12.4 Å². The van der Waals surface area contributed by atoms with Crippen molar-refractivity contribution < 1.29 is 0 Å². The molecule has 6 nitrogen and oxygen atoms in total. The minimum atomic E-state index is 0. The van der Waals surface area contributed by atoms with Crippen molar-refractivity contribution in [3.63, 3.8) is 0 Å². The fraction of sp³-hybridized carbons (Fsp3) is 0.0833. The van der Waals surface area contributed by atoms with E-state index in [1.165, 1.54) is 0 Å². The van der Waals surface area contributed by atoms with Crippen LogP contribution in [-0.2, 0) is 0 Å². The van der Waals surface area contributed by atoms with Gasteiger partial charge in [0, 0.05) is 30.0 Å². The number of nitrogens with one attached hydrogen (secondary N) is 2. The molecular formula is C24H21ClN6. The highest BCUT2D eigenvalue weighted by atomic mass is 35.5. The normalized spacial score (nSPS) is 9.97. The maximum atomic E-state index is 8.92. The third-order valence-electron chi connectivity index (χ3n) is 4.73. The van der Waals surface area contributed by atoms with Crippen molar-refractivity contribution in [3.05, 3.63) is 89.9 Å². The summed E-state index contributed by atoms with van der Waals surface area (Å²) in [5.74, 6) is 1.18. The topological polar surface area (TPSA) is 86.5 Å². The van der Waals surface area contributed by atoms with Crippen molar-refractivity contribution in [3.8, 4) is 17.2 Å². The third kappa shape index (κ3) is 5.16. The third-order valence-corrected chi connectivity index (χ3v) is 4.73. The van der Waals surface area contributed by atoms with E-state index in [4.69, 9.17) is 5.26 Å². The quantitative estimate of drug-likeness (QED) is 0.409. The van der Waals surface area contributed by atoms with E-state index >= 15 is 0 Å². The molecule has 0 spiro atoms. The van der Waals surface area contributed by atoms with E-state index < -0.39 is 0 Å². The molecule has 7 heteroatoms. The number of hydrogen-bond donors (Lipinski definition) is 2. The van der Waals surface area contributed by atoms with Gasteiger partial charge in [-0.3, -0.25) is 4.98 Å². The zero-order valence-electron chi connectivity index (χ0n) is 17.1. The van der Waals surface area contributed by atoms with Gasteiger partial charge in [0.1, 0.15) is 5.82 Å². The van der Waals surface area contributed by atoms with Crippen LogP contribution in [0, 0.1) is 25.2 Å². The molecule has 4 aromatic rings. The molecular weight excluding hydrogens is 408 g/mol. The van der Waals surface area contributed by atoms with Crippen molar-refractivity contribution in [2.45, 2.75) is 13.8 Å². The van der Waals surface area contributed by atoms with Crippen LogP contribution >= 0.6 is 12.4 Å². The summed E-state index contributed by atoms with van der Waals surface area (Å²) < 4.78 is 0. The van der Waals surface area contributed by atoms with Crippen LogP contribution in [0.4, 0.5) is 23.1 Å². The summed E-state index contributed by atoms with van der Waals surface area (Å²) in [6.45, 7) is 4.16. The standard InChI is InChI=1S/C24H20N6.ClH/c1-16-13-20(19-7-10-26-11-8-19)14-17(2)23(16)29-22-9-12-27-24(30-22)28-21-5-3-18(15-25)4-6-21;/h3-14H,1-2H3,(H2,27,28,29,30);1H. The van der Waals surface area contributed by atoms with E-state index in [9.17, 15) is 0 Å². The molecule has 0 radical (unpaired) electrons. The number of rotatable bonds is 5. The first-order valence-corrected chi connectivity index (χ1v) is 9.51. The zero-order valence-corrected chi connectivity index (χ0v) is 17.9. The summed E-state index contributed by atoms with van der Waals surface area (Å²) in [6, 6.07) is 19.4. The predicted octanol–water partition coefficient (Wildman–Crippen LogP) is 5.94. The minimum absolute atomic E-state index is 0. The van der Waals surface area contributed by atoms with Crippen molar-refractivity contribution in [2.24, 2.45) is 0 Å². The van der Waals surface area contributed by atoms with Crippen LogP contribution in [0.15, 0.2) is 73.2 Å². The van der Waals surface area contributed by atoms with Crippen LogP contribution in [0.3, 0.4) is 0 Å². The summed E-state index contributed by atoms with van der Waals surface area (Å²) in [5.41, 5.74) is 7.00. The van der Waals surface area contributed by atoms with Gasteiger partial charge in [-0.05, 0) is 90.7 Å². The second-order valence-corrected chi connectivity index (χ2v) is 6.93. The average molecular weight is 429 g/mol. The van der Waals surface area contributed by atoms with Crippen LogP contribution in [0.2, 0.25) is 0 Å². The molecule has 154 valence electrons. The first-order chi connectivity index (χ1) is 14.6. The summed E-state index contributed by atoms with van der Waals surface area (Å²) in [6.07, 6.45) is 5.31. The molecule has 0 aliphatic carbocycles. The highest BCUT2D eigenvalue weighted by Gasteiger charge is 2.09. The summed E-state index contributed by atoms with van der Waals surface area (Å²) >= 11 is 0. The SMILES string of the molecule is Cc1cc(-c2ccncc2)cc(C)c1Nc1ccnc(Nc2ccc(C#N)cc2)n1.Cl. The first-order valence-electron chi connectivity index (χ1n) is 9.51. The number of pyridine rings is 1. The Hall–Kier alpha value is -3.95. The molecule has 0 unspecified atom stereocenters. The van der Waals surface area contributed by atoms with Gasteiger partial charge in [-0.1, -0.05) is 0 Å². The van der Waals surface area contributed by atoms with Crippen LogP contribution in [-0.4, -0.2) is 15.0 Å². The molecule has 4 rings (SSSR count). The van der Waals surface area contributed by atoms with Crippen molar-refractivity contribution in [1.29, 1.82) is 5.26 Å². The van der Waals surface area contributed by atoms with Gasteiger partial charge in [-0.25, -0.2) is 4.98 Å². The molecule has 0 amide bonds. The molecule has 0 saturated heterocycles. The fourth-order valence-corrected chi connectivity index (χ4v) is 3.25. The van der Waals surface area contributed by atoms with E-state index in [0.29, 0.717) is 17.3 Å². The Labute approximate surface area is 187 Å². The first kappa shape index (κ1) is 21.8. The van der Waals surface area contributed by atoms with Crippen molar-refractivity contribution in [2.75, 3.05) is 10.6 Å². The van der Waals surface area contributed by atoms with Crippen LogP contribution in [0.1, 0.15) is 16.7 Å². The van der Waals surface area contributed by atoms with Gasteiger partial charge in [-0.2, -0.15) is 10.2 Å². The predicted molar refractivity (Wildman–Crippen MR) is 126 cm³/mol. The molecule has 0 aliphatic heterocycles. The Balaban J connectivity index is 0.00000272. The minimum Gasteiger partial charge on any atom is -0.340 e. The van der Waals surface area contributed by atoms with Gasteiger partial charge < -0.3 is 10.6 Å². The molecule has 0 bridgehead atoms. The van der Waals surface area contributed by atoms with Crippen molar-refractivity contribution >= 4 is 35.5 Å². The van der Waals surface area contributed by atoms with E-state index in [2.05, 4.69) is 57.6 Å². The summed E-state index contributed by atoms with van der Waals surface area (Å²) in [7, 11) is 0. The van der Waals surface area contributed by atoms with Crippen molar-refractivity contribution in [1.82, 2.24) is 15.0 Å². The van der Waals surface area contributed by atoms with Crippen LogP contribution in [0.25, 0.3) is 11.1 Å². The molecule has 2 heterocycles. The van der Waals surface area contributed by atoms with Crippen LogP contribution in [0.5, 0.6) is 0 Å². The maximum Gasteiger partial charge on any atom is 0.229 e. The second-order valence-electron chi connectivity index (χ2n) is 6.93. The van der Waals surface area contributed by atoms with Gasteiger partial charge in [0.15, 0.2) is 0 Å². The molecule has 31 heavy (non-hydrogen) atoms. The number of anilines is 4. The Morgan fingerprint density at radius 2 is 1.48 bits per heavy atom. The highest BCUT2D eigenvalue weighted by Crippen LogP contribution is 2.30. The summed E-state index contributed by atoms with van der Waals surface area (Å²) in [4.78, 5) is 12.9. The van der Waals surface area contributed by atoms with Gasteiger partial charge in [-0.15, -0.1) is 12.4 Å². The highest BCUT2D eigenvalue weighted by molar-refractivity contribution is 5.85. The number of nitriles is 1. The largest absolute Gasteiger partial charge is 0.340 e. The van der Waals surface area contributed by atoms with E-state index in [1.807, 2.05) is 30.3 Å². The zero-order chi connectivity index (χ0) is 20.9. The lowest BCUT2D eigenvalue weighted by Gasteiger charge is -2.15. The Morgan fingerprint density at radius 1 is 0.806 bits per heavy atom. The lowest BCUT2D eigenvalue weighted by atomic mass is 9.99. The Morgan fingerprint density at radius 3 is 2.13 bits per heavy atom. The number of aryl methyl sites for hydroxylation is 2. The summed E-state index contributed by atoms with van der Waals surface area (Å²) in [5, 5.41) is 15.5. The molecule has 2 aromatic carbocycles. The molecule has 2 N–H and O–H groups in total. The molecule has 0 atom stereocenters. The monoisotopic (exact) mass is 428 g/mol. The molecule has 0 saturated carbocycles. The van der Waals surface area contributed by atoms with E-state index in [1.54, 1.807) is 30.7 Å². The smallest absolute Gasteiger partial charge is 0.229 e. The number of aromatic nitrogens is 3. The molecule has 2 aromatic heterocycles. The maximum absolute atomic E-state index is 8.92. The van der Waals surface area contributed by atoms with Gasteiger partial charge in [0.25, 0.3) is 0 Å². The fourth-order valence-electron chi connectivity index (χ4n) is 3.25. The Bertz CT molecular complexity index is 1190. The van der Waals surface area contributed by atoms with Crippen LogP contribution < -0.4 is 10.6 Å². The number of benzene rings is 2.